The highest BCUT2D eigenvalue weighted by atomic mass is 28.4. The maximum Gasteiger partial charge on any atom is 0.239 e. The number of rotatable bonds is 6. The van der Waals surface area contributed by atoms with Crippen LogP contribution in [0.4, 0.5) is 5.69 Å². The van der Waals surface area contributed by atoms with Crippen molar-refractivity contribution in [1.29, 1.82) is 0 Å². The van der Waals surface area contributed by atoms with E-state index in [9.17, 15) is 15.7 Å². The number of para-hydroxylation sites is 1. The quantitative estimate of drug-likeness (QED) is 0.225. The van der Waals surface area contributed by atoms with E-state index < -0.39 is 31.9 Å². The number of hydroxylamine groups is 1. The van der Waals surface area contributed by atoms with Crippen LogP contribution in [0.25, 0.3) is 10.4 Å². The third kappa shape index (κ3) is 4.52. The minimum absolute atomic E-state index is 0.129. The molecule has 0 aromatic heterocycles. The molecule has 4 atom stereocenters. The number of benzene rings is 2. The van der Waals surface area contributed by atoms with Gasteiger partial charge in [0.2, 0.25) is 5.79 Å². The van der Waals surface area contributed by atoms with Gasteiger partial charge in [-0.2, -0.15) is 0 Å². The number of hydrogen-bond donors (Lipinski definition) is 2. The molecule has 2 heterocycles. The van der Waals surface area contributed by atoms with Crippen LogP contribution in [0.2, 0.25) is 18.1 Å². The fourth-order valence-corrected chi connectivity index (χ4v) is 5.98. The van der Waals surface area contributed by atoms with Crippen LogP contribution in [0.5, 0.6) is 5.75 Å². The van der Waals surface area contributed by atoms with Crippen LogP contribution in [0.1, 0.15) is 43.0 Å². The molecule has 37 heavy (non-hydrogen) atoms. The summed E-state index contributed by atoms with van der Waals surface area (Å²) in [5.41, 5.74) is 11.5. The van der Waals surface area contributed by atoms with Gasteiger partial charge in [-0.05, 0) is 61.6 Å². The summed E-state index contributed by atoms with van der Waals surface area (Å²) < 4.78 is 12.9. The summed E-state index contributed by atoms with van der Waals surface area (Å²) in [6, 6.07) is 9.95. The summed E-state index contributed by atoms with van der Waals surface area (Å²) in [6.07, 6.45) is -0.817. The fraction of sp³-hybridized carbons (Fsp3) is 0.556. The summed E-state index contributed by atoms with van der Waals surface area (Å²) in [5, 5.41) is 29.8. The van der Waals surface area contributed by atoms with Crippen molar-refractivity contribution in [3.8, 4) is 5.75 Å². The fourth-order valence-electron chi connectivity index (χ4n) is 4.97. The molecule has 2 aromatic carbocycles. The van der Waals surface area contributed by atoms with Crippen molar-refractivity contribution in [1.82, 2.24) is 0 Å². The second kappa shape index (κ2) is 9.30. The van der Waals surface area contributed by atoms with E-state index in [4.69, 9.17) is 14.0 Å². The van der Waals surface area contributed by atoms with Crippen LogP contribution >= 0.6 is 0 Å². The van der Waals surface area contributed by atoms with E-state index in [-0.39, 0.29) is 18.2 Å². The number of azide groups is 1. The Morgan fingerprint density at radius 2 is 1.78 bits per heavy atom. The van der Waals surface area contributed by atoms with Gasteiger partial charge in [-0.15, -0.1) is 0 Å². The predicted octanol–water partition coefficient (Wildman–Crippen LogP) is 5.40. The lowest BCUT2D eigenvalue weighted by atomic mass is 9.76. The second-order valence-corrected chi connectivity index (χ2v) is 16.6. The topological polar surface area (TPSA) is 120 Å². The van der Waals surface area contributed by atoms with Gasteiger partial charge in [-0.3, -0.25) is 0 Å². The number of aliphatic hydroxyl groups is 2. The molecule has 2 aliphatic heterocycles. The molecular weight excluding hydrogens is 488 g/mol. The Labute approximate surface area is 219 Å². The summed E-state index contributed by atoms with van der Waals surface area (Å²) in [6.45, 7) is 16.3. The molecule has 9 nitrogen and oxygen atoms in total. The highest BCUT2D eigenvalue weighted by Crippen LogP contribution is 2.52. The molecule has 2 aliphatic rings. The first-order chi connectivity index (χ1) is 17.1. The number of anilines is 1. The van der Waals surface area contributed by atoms with E-state index in [1.165, 1.54) is 5.06 Å². The highest BCUT2D eigenvalue weighted by molar-refractivity contribution is 6.74. The molecule has 0 aliphatic carbocycles. The standard InChI is InChI=1S/C27H38N4O5Si/c1-17-13-18(2)23(19(3)14-17)35-22-15-31-21-12-10-9-11-20(21)26(32,16-34-37(7,8)25(4,5)6)27(33,36-31)24(22)29-30-28/h9-14,22,24,32-33H,15-16H2,1-8H3/t22-,24+,26?,27?/m1/s1. The van der Waals surface area contributed by atoms with Gasteiger partial charge in [0.25, 0.3) is 0 Å². The van der Waals surface area contributed by atoms with Gasteiger partial charge < -0.3 is 19.4 Å². The minimum atomic E-state index is -2.35. The van der Waals surface area contributed by atoms with E-state index in [1.54, 1.807) is 12.1 Å². The molecule has 0 spiro atoms. The Bertz CT molecular complexity index is 1220. The molecular formula is C27H38N4O5Si. The number of nitrogens with zero attached hydrogens (tertiary/aromatic N) is 4. The zero-order valence-corrected chi connectivity index (χ0v) is 23.9. The van der Waals surface area contributed by atoms with Gasteiger partial charge in [0, 0.05) is 10.5 Å². The van der Waals surface area contributed by atoms with Crippen molar-refractivity contribution in [3.05, 3.63) is 69.1 Å². The molecule has 1 fully saturated rings. The lowest BCUT2D eigenvalue weighted by Crippen LogP contribution is -2.74. The van der Waals surface area contributed by atoms with Crippen molar-refractivity contribution < 1.29 is 24.2 Å². The summed E-state index contributed by atoms with van der Waals surface area (Å²) in [4.78, 5) is 9.06. The first-order valence-corrected chi connectivity index (χ1v) is 15.5. The number of aryl methyl sites for hydroxylation is 3. The van der Waals surface area contributed by atoms with E-state index in [1.807, 2.05) is 45.0 Å². The Balaban J connectivity index is 1.83. The Hall–Kier alpha value is -2.59. The number of ether oxygens (including phenoxy) is 1. The van der Waals surface area contributed by atoms with Gasteiger partial charge in [-0.25, -0.2) is 9.90 Å². The normalized spacial score (nSPS) is 27.4. The van der Waals surface area contributed by atoms with Crippen LogP contribution in [0.15, 0.2) is 41.5 Å². The summed E-state index contributed by atoms with van der Waals surface area (Å²) >= 11 is 0. The van der Waals surface area contributed by atoms with Crippen LogP contribution in [0.3, 0.4) is 0 Å². The van der Waals surface area contributed by atoms with E-state index >= 15 is 0 Å². The van der Waals surface area contributed by atoms with Crippen molar-refractivity contribution in [3.63, 3.8) is 0 Å². The van der Waals surface area contributed by atoms with E-state index in [0.29, 0.717) is 17.0 Å². The zero-order chi connectivity index (χ0) is 27.4. The average Bonchev–Trinajstić information content (AvgIpc) is 2.80. The van der Waals surface area contributed by atoms with Crippen LogP contribution in [-0.4, -0.2) is 49.6 Å². The molecule has 2 unspecified atom stereocenters. The van der Waals surface area contributed by atoms with Gasteiger partial charge >= 0.3 is 0 Å². The molecule has 1 saturated heterocycles. The molecule has 10 heteroatoms. The highest BCUT2D eigenvalue weighted by Gasteiger charge is 2.67. The molecule has 0 saturated carbocycles. The van der Waals surface area contributed by atoms with Crippen LogP contribution < -0.4 is 9.80 Å². The van der Waals surface area contributed by atoms with Gasteiger partial charge in [0.05, 0.1) is 18.8 Å². The summed E-state index contributed by atoms with van der Waals surface area (Å²) in [7, 11) is -2.35. The van der Waals surface area contributed by atoms with Crippen molar-refractivity contribution >= 4 is 14.0 Å². The summed E-state index contributed by atoms with van der Waals surface area (Å²) in [5.74, 6) is -1.70. The third-order valence-electron chi connectivity index (χ3n) is 8.06. The van der Waals surface area contributed by atoms with Crippen LogP contribution in [0, 0.1) is 20.8 Å². The monoisotopic (exact) mass is 526 g/mol. The Morgan fingerprint density at radius 1 is 1.16 bits per heavy atom. The van der Waals surface area contributed by atoms with E-state index in [2.05, 4.69) is 43.9 Å². The molecule has 0 amide bonds. The third-order valence-corrected chi connectivity index (χ3v) is 12.5. The van der Waals surface area contributed by atoms with Crippen molar-refractivity contribution in [2.45, 2.75) is 83.2 Å². The predicted molar refractivity (Wildman–Crippen MR) is 145 cm³/mol. The largest absolute Gasteiger partial charge is 0.487 e. The maximum absolute atomic E-state index is 12.3. The lowest BCUT2D eigenvalue weighted by Gasteiger charge is -2.57. The molecule has 2 N–H and O–H groups in total. The molecule has 0 radical (unpaired) electrons. The smallest absolute Gasteiger partial charge is 0.239 e. The SMILES string of the molecule is Cc1cc(C)c(O[C@@H]2CN3OC(O)([C@H]2N=[N+]=[N-])C(O)(CO[Si](C)(C)C(C)(C)C)c2ccccc23)c(C)c1. The van der Waals surface area contributed by atoms with Gasteiger partial charge in [-0.1, -0.05) is 61.8 Å². The van der Waals surface area contributed by atoms with Gasteiger partial charge in [0.15, 0.2) is 13.9 Å². The minimum Gasteiger partial charge on any atom is -0.487 e. The molecule has 200 valence electrons. The Kier molecular flexibility index (Phi) is 6.90. The van der Waals surface area contributed by atoms with Crippen LogP contribution in [-0.2, 0) is 14.9 Å². The van der Waals surface area contributed by atoms with Gasteiger partial charge in [0.1, 0.15) is 17.9 Å². The van der Waals surface area contributed by atoms with Crippen molar-refractivity contribution in [2.75, 3.05) is 18.2 Å². The van der Waals surface area contributed by atoms with E-state index in [0.717, 1.165) is 16.7 Å². The lowest BCUT2D eigenvalue weighted by molar-refractivity contribution is -0.353. The number of fused-ring (bicyclic) bond motifs is 4. The Morgan fingerprint density at radius 3 is 2.38 bits per heavy atom. The first kappa shape index (κ1) is 27.4. The molecule has 4 rings (SSSR count). The first-order valence-electron chi connectivity index (χ1n) is 12.6. The average molecular weight is 527 g/mol. The molecule has 2 bridgehead atoms. The number of hydrogen-bond acceptors (Lipinski definition) is 7. The maximum atomic E-state index is 12.3. The van der Waals surface area contributed by atoms with Crippen molar-refractivity contribution in [2.24, 2.45) is 5.11 Å². The molecule has 2 aromatic rings. The zero-order valence-electron chi connectivity index (χ0n) is 22.9. The second-order valence-electron chi connectivity index (χ2n) is 11.8.